The maximum atomic E-state index is 12.2. The molecule has 0 amide bonds. The first-order chi connectivity index (χ1) is 11.5. The molecule has 2 N–H and O–H groups in total. The van der Waals surface area contributed by atoms with Crippen LogP contribution in [0.15, 0.2) is 36.9 Å². The molecule has 4 aromatic rings. The third-order valence-electron chi connectivity index (χ3n) is 3.41. The second-order valence-corrected chi connectivity index (χ2v) is 5.07. The smallest absolute Gasteiger partial charge is 0.345 e. The van der Waals surface area contributed by atoms with Gasteiger partial charge in [-0.05, 0) is 6.07 Å². The molecular weight excluding hydrogens is 323 g/mol. The zero-order chi connectivity index (χ0) is 16.7. The first-order valence-corrected chi connectivity index (χ1v) is 6.95. The van der Waals surface area contributed by atoms with Gasteiger partial charge in [0.15, 0.2) is 5.65 Å². The van der Waals surface area contributed by atoms with Gasteiger partial charge in [-0.3, -0.25) is 0 Å². The Balaban J connectivity index is 1.69. The molecule has 0 aliphatic rings. The highest BCUT2D eigenvalue weighted by molar-refractivity contribution is 5.92. The summed E-state index contributed by atoms with van der Waals surface area (Å²) < 4.78 is 38.4. The van der Waals surface area contributed by atoms with Crippen molar-refractivity contribution in [1.29, 1.82) is 0 Å². The van der Waals surface area contributed by atoms with Gasteiger partial charge in [0.2, 0.25) is 5.95 Å². The van der Waals surface area contributed by atoms with E-state index in [1.807, 2.05) is 0 Å². The Labute approximate surface area is 132 Å². The van der Waals surface area contributed by atoms with Gasteiger partial charge < -0.3 is 10.3 Å². The highest BCUT2D eigenvalue weighted by Gasteiger charge is 2.27. The van der Waals surface area contributed by atoms with Gasteiger partial charge in [-0.25, -0.2) is 14.5 Å². The molecule has 0 radical (unpaired) electrons. The normalized spacial score (nSPS) is 12.1. The van der Waals surface area contributed by atoms with E-state index >= 15 is 0 Å². The average Bonchev–Trinajstić information content (AvgIpc) is 3.17. The van der Waals surface area contributed by atoms with Crippen molar-refractivity contribution in [2.24, 2.45) is 0 Å². The lowest BCUT2D eigenvalue weighted by Gasteiger charge is -2.07. The van der Waals surface area contributed by atoms with E-state index in [0.717, 1.165) is 5.56 Å². The van der Waals surface area contributed by atoms with Crippen molar-refractivity contribution in [1.82, 2.24) is 29.5 Å². The Morgan fingerprint density at radius 2 is 2.08 bits per heavy atom. The second kappa shape index (κ2) is 5.18. The highest BCUT2D eigenvalue weighted by Crippen LogP contribution is 2.26. The molecule has 0 saturated heterocycles. The van der Waals surface area contributed by atoms with Crippen LogP contribution < -0.4 is 5.32 Å². The fraction of sp³-hybridized carbons (Fsp3) is 0.143. The van der Waals surface area contributed by atoms with Crippen molar-refractivity contribution in [2.45, 2.75) is 6.18 Å². The molecule has 4 rings (SSSR count). The summed E-state index contributed by atoms with van der Waals surface area (Å²) in [6, 6.07) is 3.56. The third-order valence-corrected chi connectivity index (χ3v) is 3.41. The molecule has 0 atom stereocenters. The van der Waals surface area contributed by atoms with Crippen LogP contribution in [0.25, 0.3) is 27.9 Å². The van der Waals surface area contributed by atoms with Crippen LogP contribution in [-0.4, -0.2) is 42.3 Å². The molecule has 0 fully saturated rings. The average molecular weight is 333 g/mol. The number of halogens is 3. The van der Waals surface area contributed by atoms with E-state index in [1.165, 1.54) is 6.20 Å². The van der Waals surface area contributed by atoms with Gasteiger partial charge in [0.05, 0.1) is 11.9 Å². The van der Waals surface area contributed by atoms with Gasteiger partial charge in [0.1, 0.15) is 12.2 Å². The molecule has 0 unspecified atom stereocenters. The lowest BCUT2D eigenvalue weighted by atomic mass is 10.2. The Morgan fingerprint density at radius 3 is 2.92 bits per heavy atom. The minimum atomic E-state index is -4.33. The van der Waals surface area contributed by atoms with Crippen molar-refractivity contribution in [2.75, 3.05) is 11.9 Å². The van der Waals surface area contributed by atoms with Crippen LogP contribution in [0.5, 0.6) is 0 Å². The number of alkyl halides is 3. The van der Waals surface area contributed by atoms with Gasteiger partial charge >= 0.3 is 6.18 Å². The number of anilines is 1. The second-order valence-electron chi connectivity index (χ2n) is 5.07. The van der Waals surface area contributed by atoms with E-state index < -0.39 is 12.7 Å². The predicted octanol–water partition coefficient (Wildman–Crippen LogP) is 2.64. The molecular formula is C14H10F3N7. The number of hydrogen-bond donors (Lipinski definition) is 2. The molecule has 4 aromatic heterocycles. The SMILES string of the molecule is FC(F)(F)CNc1ncc2c(-c3ccn4nccc4n3)c[nH]c2n1. The van der Waals surface area contributed by atoms with Gasteiger partial charge in [-0.1, -0.05) is 0 Å². The van der Waals surface area contributed by atoms with E-state index in [9.17, 15) is 13.2 Å². The van der Waals surface area contributed by atoms with Gasteiger partial charge in [-0.2, -0.15) is 23.3 Å². The summed E-state index contributed by atoms with van der Waals surface area (Å²) in [5, 5.41) is 6.90. The minimum Gasteiger partial charge on any atom is -0.345 e. The van der Waals surface area contributed by atoms with E-state index in [2.05, 4.69) is 30.4 Å². The van der Waals surface area contributed by atoms with Crippen molar-refractivity contribution >= 4 is 22.6 Å². The molecule has 4 heterocycles. The summed E-state index contributed by atoms with van der Waals surface area (Å²) in [6.45, 7) is -1.19. The molecule has 10 heteroatoms. The summed E-state index contributed by atoms with van der Waals surface area (Å²) in [5.74, 6) is -0.0903. The molecule has 122 valence electrons. The summed E-state index contributed by atoms with van der Waals surface area (Å²) >= 11 is 0. The highest BCUT2D eigenvalue weighted by atomic mass is 19.4. The first kappa shape index (κ1) is 14.4. The van der Waals surface area contributed by atoms with Crippen molar-refractivity contribution in [3.8, 4) is 11.3 Å². The van der Waals surface area contributed by atoms with Crippen LogP contribution in [0.3, 0.4) is 0 Å². The quantitative estimate of drug-likeness (QED) is 0.602. The summed E-state index contributed by atoms with van der Waals surface area (Å²) in [7, 11) is 0. The predicted molar refractivity (Wildman–Crippen MR) is 80.4 cm³/mol. The van der Waals surface area contributed by atoms with Crippen LogP contribution in [0.4, 0.5) is 19.1 Å². The standard InChI is InChI=1S/C14H10F3N7/c15-14(16,17)7-20-13-19-6-9-8(5-18-12(9)23-13)10-2-4-24-11(22-10)1-3-21-24/h1-6H,7H2,(H2,18,19,20,23). The fourth-order valence-electron chi connectivity index (χ4n) is 2.35. The van der Waals surface area contributed by atoms with Crippen molar-refractivity contribution in [3.63, 3.8) is 0 Å². The van der Waals surface area contributed by atoms with Crippen LogP contribution in [0, 0.1) is 0 Å². The largest absolute Gasteiger partial charge is 0.405 e. The first-order valence-electron chi connectivity index (χ1n) is 6.95. The molecule has 0 bridgehead atoms. The molecule has 0 spiro atoms. The van der Waals surface area contributed by atoms with E-state index in [-0.39, 0.29) is 5.95 Å². The Morgan fingerprint density at radius 1 is 1.21 bits per heavy atom. The lowest BCUT2D eigenvalue weighted by molar-refractivity contribution is -0.115. The van der Waals surface area contributed by atoms with Crippen LogP contribution in [-0.2, 0) is 0 Å². The summed E-state index contributed by atoms with van der Waals surface area (Å²) in [6.07, 6.45) is 2.25. The topological polar surface area (TPSA) is 83.8 Å². The van der Waals surface area contributed by atoms with Crippen LogP contribution in [0.1, 0.15) is 0 Å². The van der Waals surface area contributed by atoms with E-state index in [1.54, 1.807) is 35.2 Å². The maximum absolute atomic E-state index is 12.2. The van der Waals surface area contributed by atoms with Crippen molar-refractivity contribution in [3.05, 3.63) is 36.9 Å². The van der Waals surface area contributed by atoms with Gasteiger partial charge in [-0.15, -0.1) is 0 Å². The summed E-state index contributed by atoms with van der Waals surface area (Å²) in [5.41, 5.74) is 2.57. The number of aromatic nitrogens is 6. The van der Waals surface area contributed by atoms with E-state index in [0.29, 0.717) is 22.4 Å². The zero-order valence-corrected chi connectivity index (χ0v) is 12.0. The van der Waals surface area contributed by atoms with Crippen molar-refractivity contribution < 1.29 is 13.2 Å². The monoisotopic (exact) mass is 333 g/mol. The summed E-state index contributed by atoms with van der Waals surface area (Å²) in [4.78, 5) is 15.4. The molecule has 24 heavy (non-hydrogen) atoms. The van der Waals surface area contributed by atoms with Gasteiger partial charge in [0.25, 0.3) is 0 Å². The Kier molecular flexibility index (Phi) is 3.12. The number of nitrogens with one attached hydrogen (secondary N) is 2. The Hall–Kier alpha value is -3.17. The van der Waals surface area contributed by atoms with Crippen LogP contribution in [0.2, 0.25) is 0 Å². The number of fused-ring (bicyclic) bond motifs is 2. The van der Waals surface area contributed by atoms with Gasteiger partial charge in [0, 0.05) is 35.6 Å². The van der Waals surface area contributed by atoms with E-state index in [4.69, 9.17) is 0 Å². The number of H-pyrrole nitrogens is 1. The Bertz CT molecular complexity index is 1020. The molecule has 0 aromatic carbocycles. The third kappa shape index (κ3) is 2.62. The number of hydrogen-bond acceptors (Lipinski definition) is 5. The van der Waals surface area contributed by atoms with Crippen LogP contribution >= 0.6 is 0 Å². The molecule has 0 aliphatic carbocycles. The number of aromatic amines is 1. The molecule has 0 aliphatic heterocycles. The minimum absolute atomic E-state index is 0.0903. The number of rotatable bonds is 3. The fourth-order valence-corrected chi connectivity index (χ4v) is 2.35. The molecule has 0 saturated carbocycles. The lowest BCUT2D eigenvalue weighted by Crippen LogP contribution is -2.22. The number of nitrogens with zero attached hydrogens (tertiary/aromatic N) is 5. The zero-order valence-electron chi connectivity index (χ0n) is 12.0. The maximum Gasteiger partial charge on any atom is 0.405 e. The molecule has 7 nitrogen and oxygen atoms in total.